The maximum absolute atomic E-state index is 5.44. The molecule has 3 heterocycles. The van der Waals surface area contributed by atoms with Crippen LogP contribution in [0.3, 0.4) is 0 Å². The molecule has 1 aliphatic rings. The summed E-state index contributed by atoms with van der Waals surface area (Å²) in [5.41, 5.74) is 2.25. The number of piperazine rings is 1. The van der Waals surface area contributed by atoms with Crippen LogP contribution < -0.4 is 15.5 Å². The third-order valence-electron chi connectivity index (χ3n) is 5.16. The summed E-state index contributed by atoms with van der Waals surface area (Å²) in [6.45, 7) is 13.5. The van der Waals surface area contributed by atoms with E-state index >= 15 is 0 Å². The van der Waals surface area contributed by atoms with Crippen molar-refractivity contribution in [2.75, 3.05) is 54.8 Å². The maximum Gasteiger partial charge on any atom is 0.226 e. The molecule has 0 spiro atoms. The lowest BCUT2D eigenvalue weighted by Gasteiger charge is -2.35. The second kappa shape index (κ2) is 9.45. The molecule has 4 rings (SSSR count). The van der Waals surface area contributed by atoms with Gasteiger partial charge in [-0.3, -0.25) is 4.90 Å². The smallest absolute Gasteiger partial charge is 0.226 e. The van der Waals surface area contributed by atoms with Gasteiger partial charge in [-0.05, 0) is 23.8 Å². The van der Waals surface area contributed by atoms with Gasteiger partial charge in [0.05, 0.1) is 6.26 Å². The molecule has 1 aromatic carbocycles. The van der Waals surface area contributed by atoms with Crippen molar-refractivity contribution in [3.05, 3.63) is 67.5 Å². The molecule has 0 aliphatic carbocycles. The highest BCUT2D eigenvalue weighted by molar-refractivity contribution is 5.77. The number of hydrogen-bond donors (Lipinski definition) is 2. The molecule has 1 fully saturated rings. The predicted molar refractivity (Wildman–Crippen MR) is 123 cm³/mol. The third-order valence-corrected chi connectivity index (χ3v) is 5.16. The standard InChI is InChI=1S/C23H28N6O/c1-3-8-24-21-16-22(27-23(26-21)25-9-4-2)29-12-10-28(11-13-29)17-18-5-6-20-19(15-18)7-14-30-20/h3-7,14-16H,1-2,8-13,17H2,(H2,24,25,26,27). The zero-order chi connectivity index (χ0) is 20.8. The van der Waals surface area contributed by atoms with Crippen LogP contribution >= 0.6 is 0 Å². The van der Waals surface area contributed by atoms with Crippen LogP contribution in [0.1, 0.15) is 5.56 Å². The molecular weight excluding hydrogens is 376 g/mol. The van der Waals surface area contributed by atoms with E-state index in [4.69, 9.17) is 9.40 Å². The Balaban J connectivity index is 1.40. The number of hydrogen-bond acceptors (Lipinski definition) is 7. The monoisotopic (exact) mass is 404 g/mol. The van der Waals surface area contributed by atoms with Gasteiger partial charge in [0.25, 0.3) is 0 Å². The molecule has 0 amide bonds. The van der Waals surface area contributed by atoms with Crippen LogP contribution in [-0.4, -0.2) is 54.1 Å². The van der Waals surface area contributed by atoms with E-state index in [-0.39, 0.29) is 0 Å². The summed E-state index contributed by atoms with van der Waals surface area (Å²) >= 11 is 0. The molecule has 2 aromatic heterocycles. The Labute approximate surface area is 177 Å². The van der Waals surface area contributed by atoms with Crippen molar-refractivity contribution in [2.24, 2.45) is 0 Å². The minimum atomic E-state index is 0.606. The first kappa shape index (κ1) is 20.0. The van der Waals surface area contributed by atoms with E-state index in [0.717, 1.165) is 55.3 Å². The van der Waals surface area contributed by atoms with E-state index in [2.05, 4.69) is 56.8 Å². The molecule has 2 N–H and O–H groups in total. The summed E-state index contributed by atoms with van der Waals surface area (Å²) in [4.78, 5) is 14.0. The Morgan fingerprint density at radius 2 is 1.77 bits per heavy atom. The second-order valence-corrected chi connectivity index (χ2v) is 7.33. The van der Waals surface area contributed by atoms with Crippen molar-refractivity contribution >= 4 is 28.6 Å². The molecule has 0 atom stereocenters. The van der Waals surface area contributed by atoms with Gasteiger partial charge in [-0.2, -0.15) is 9.97 Å². The van der Waals surface area contributed by atoms with Gasteiger partial charge in [0.1, 0.15) is 17.2 Å². The Morgan fingerprint density at radius 3 is 2.57 bits per heavy atom. The van der Waals surface area contributed by atoms with Crippen molar-refractivity contribution in [1.82, 2.24) is 14.9 Å². The summed E-state index contributed by atoms with van der Waals surface area (Å²) in [5.74, 6) is 2.33. The lowest BCUT2D eigenvalue weighted by Crippen LogP contribution is -2.46. The molecule has 30 heavy (non-hydrogen) atoms. The fraction of sp³-hybridized carbons (Fsp3) is 0.304. The van der Waals surface area contributed by atoms with Crippen LogP contribution in [0.15, 0.2) is 66.3 Å². The molecule has 0 radical (unpaired) electrons. The number of nitrogens with zero attached hydrogens (tertiary/aromatic N) is 4. The van der Waals surface area contributed by atoms with Crippen molar-refractivity contribution in [3.63, 3.8) is 0 Å². The largest absolute Gasteiger partial charge is 0.464 e. The lowest BCUT2D eigenvalue weighted by atomic mass is 10.1. The van der Waals surface area contributed by atoms with Gasteiger partial charge < -0.3 is 20.0 Å². The van der Waals surface area contributed by atoms with Crippen LogP contribution in [0.25, 0.3) is 11.0 Å². The number of rotatable bonds is 9. The van der Waals surface area contributed by atoms with Gasteiger partial charge in [0.2, 0.25) is 5.95 Å². The fourth-order valence-corrected chi connectivity index (χ4v) is 3.61. The highest BCUT2D eigenvalue weighted by Gasteiger charge is 2.19. The summed E-state index contributed by atoms with van der Waals surface area (Å²) in [5, 5.41) is 7.62. The van der Waals surface area contributed by atoms with Crippen LogP contribution in [-0.2, 0) is 6.54 Å². The topological polar surface area (TPSA) is 69.5 Å². The fourth-order valence-electron chi connectivity index (χ4n) is 3.61. The maximum atomic E-state index is 5.44. The summed E-state index contributed by atoms with van der Waals surface area (Å²) in [6, 6.07) is 10.4. The van der Waals surface area contributed by atoms with Crippen LogP contribution in [0.5, 0.6) is 0 Å². The van der Waals surface area contributed by atoms with E-state index in [1.54, 1.807) is 12.3 Å². The van der Waals surface area contributed by atoms with E-state index < -0.39 is 0 Å². The van der Waals surface area contributed by atoms with Gasteiger partial charge in [0.15, 0.2) is 0 Å². The predicted octanol–water partition coefficient (Wildman–Crippen LogP) is 3.74. The molecule has 156 valence electrons. The van der Waals surface area contributed by atoms with Gasteiger partial charge in [-0.15, -0.1) is 13.2 Å². The van der Waals surface area contributed by atoms with Gasteiger partial charge in [0, 0.05) is 57.3 Å². The normalized spacial score (nSPS) is 14.6. The van der Waals surface area contributed by atoms with Crippen LogP contribution in [0.4, 0.5) is 17.6 Å². The number of nitrogens with one attached hydrogen (secondary N) is 2. The minimum absolute atomic E-state index is 0.606. The molecule has 7 heteroatoms. The van der Waals surface area contributed by atoms with E-state index in [0.29, 0.717) is 19.0 Å². The molecule has 1 aliphatic heterocycles. The van der Waals surface area contributed by atoms with Crippen LogP contribution in [0.2, 0.25) is 0 Å². The molecule has 7 nitrogen and oxygen atoms in total. The van der Waals surface area contributed by atoms with Crippen molar-refractivity contribution < 1.29 is 4.42 Å². The Hall–Kier alpha value is -3.32. The number of fused-ring (bicyclic) bond motifs is 1. The summed E-state index contributed by atoms with van der Waals surface area (Å²) < 4.78 is 5.44. The van der Waals surface area contributed by atoms with Gasteiger partial charge in [-0.25, -0.2) is 0 Å². The van der Waals surface area contributed by atoms with E-state index in [1.165, 1.54) is 5.56 Å². The number of furan rings is 1. The highest BCUT2D eigenvalue weighted by Crippen LogP contribution is 2.22. The van der Waals surface area contributed by atoms with E-state index in [1.807, 2.05) is 18.2 Å². The average Bonchev–Trinajstić information content (AvgIpc) is 3.24. The molecule has 1 saturated heterocycles. The SMILES string of the molecule is C=CCNc1cc(N2CCN(Cc3ccc4occc4c3)CC2)nc(NCC=C)n1. The van der Waals surface area contributed by atoms with Crippen molar-refractivity contribution in [2.45, 2.75) is 6.54 Å². The third kappa shape index (κ3) is 4.80. The Kier molecular flexibility index (Phi) is 6.29. The van der Waals surface area contributed by atoms with Gasteiger partial charge >= 0.3 is 0 Å². The quantitative estimate of drug-likeness (QED) is 0.527. The Morgan fingerprint density at radius 1 is 0.967 bits per heavy atom. The van der Waals surface area contributed by atoms with Crippen molar-refractivity contribution in [1.29, 1.82) is 0 Å². The zero-order valence-electron chi connectivity index (χ0n) is 17.2. The first-order valence-electron chi connectivity index (χ1n) is 10.3. The summed E-state index contributed by atoms with van der Waals surface area (Å²) in [7, 11) is 0. The zero-order valence-corrected chi connectivity index (χ0v) is 17.2. The Bertz CT molecular complexity index is 976. The van der Waals surface area contributed by atoms with Gasteiger partial charge in [-0.1, -0.05) is 18.2 Å². The second-order valence-electron chi connectivity index (χ2n) is 7.33. The molecule has 0 unspecified atom stereocenters. The first-order valence-corrected chi connectivity index (χ1v) is 10.3. The van der Waals surface area contributed by atoms with E-state index in [9.17, 15) is 0 Å². The first-order chi connectivity index (χ1) is 14.7. The van der Waals surface area contributed by atoms with Crippen molar-refractivity contribution in [3.8, 4) is 0 Å². The molecule has 3 aromatic rings. The minimum Gasteiger partial charge on any atom is -0.464 e. The number of aromatic nitrogens is 2. The number of anilines is 3. The van der Waals surface area contributed by atoms with Crippen LogP contribution in [0, 0.1) is 0 Å². The number of benzene rings is 1. The highest BCUT2D eigenvalue weighted by atomic mass is 16.3. The lowest BCUT2D eigenvalue weighted by molar-refractivity contribution is 0.249. The summed E-state index contributed by atoms with van der Waals surface area (Å²) in [6.07, 6.45) is 5.36. The molecular formula is C23H28N6O. The molecule has 0 bridgehead atoms. The average molecular weight is 405 g/mol. The molecule has 0 saturated carbocycles.